The summed E-state index contributed by atoms with van der Waals surface area (Å²) in [6, 6.07) is 0. The van der Waals surface area contributed by atoms with Gasteiger partial charge in [-0.25, -0.2) is 0 Å². The van der Waals surface area contributed by atoms with Gasteiger partial charge in [-0.2, -0.15) is 0 Å². The lowest BCUT2D eigenvalue weighted by Crippen LogP contribution is -2.28. The van der Waals surface area contributed by atoms with Crippen molar-refractivity contribution in [1.29, 1.82) is 0 Å². The minimum absolute atomic E-state index is 0.223. The van der Waals surface area contributed by atoms with Gasteiger partial charge in [-0.1, -0.05) is 12.8 Å². The highest BCUT2D eigenvalue weighted by Gasteiger charge is 2.24. The maximum Gasteiger partial charge on any atom is 0.115 e. The van der Waals surface area contributed by atoms with Crippen molar-refractivity contribution in [2.45, 2.75) is 57.2 Å². The van der Waals surface area contributed by atoms with Crippen LogP contribution >= 0.6 is 0 Å². The number of nitrogens with two attached hydrogens (primary N) is 1. The predicted octanol–water partition coefficient (Wildman–Crippen LogP) is 1.87. The minimum Gasteiger partial charge on any atom is -0.494 e. The molecule has 4 heteroatoms. The number of hydrogen-bond acceptors (Lipinski definition) is 4. The third-order valence-corrected chi connectivity index (χ3v) is 4.31. The van der Waals surface area contributed by atoms with E-state index in [0.29, 0.717) is 19.6 Å². The summed E-state index contributed by atoms with van der Waals surface area (Å²) in [4.78, 5) is 0. The molecule has 2 aliphatic rings. The summed E-state index contributed by atoms with van der Waals surface area (Å²) in [5, 5.41) is 19.9. The van der Waals surface area contributed by atoms with Crippen LogP contribution in [0.4, 0.5) is 0 Å². The SMILES string of the molecule is NCC[C@@H](O)C1=CC(OC[C@@H]2CCCC[C@H]2O)=CCC1. The molecule has 4 N–H and O–H groups in total. The molecular weight excluding hydrogens is 254 g/mol. The lowest BCUT2D eigenvalue weighted by molar-refractivity contribution is 0.0264. The van der Waals surface area contributed by atoms with Gasteiger partial charge in [0.25, 0.3) is 0 Å². The number of hydrogen-bond donors (Lipinski definition) is 3. The fraction of sp³-hybridized carbons (Fsp3) is 0.750. The van der Waals surface area contributed by atoms with Gasteiger partial charge in [-0.15, -0.1) is 0 Å². The fourth-order valence-electron chi connectivity index (χ4n) is 2.99. The second kappa shape index (κ2) is 7.81. The molecule has 0 radical (unpaired) electrons. The highest BCUT2D eigenvalue weighted by Crippen LogP contribution is 2.27. The molecule has 0 saturated heterocycles. The average Bonchev–Trinajstić information content (AvgIpc) is 2.47. The highest BCUT2D eigenvalue weighted by molar-refractivity contribution is 5.26. The quantitative estimate of drug-likeness (QED) is 0.694. The average molecular weight is 281 g/mol. The van der Waals surface area contributed by atoms with E-state index in [1.54, 1.807) is 0 Å². The van der Waals surface area contributed by atoms with Gasteiger partial charge in [0.05, 0.1) is 18.8 Å². The summed E-state index contributed by atoms with van der Waals surface area (Å²) in [7, 11) is 0. The Morgan fingerprint density at radius 2 is 2.15 bits per heavy atom. The Bertz CT molecular complexity index is 365. The Morgan fingerprint density at radius 3 is 2.90 bits per heavy atom. The van der Waals surface area contributed by atoms with Crippen molar-refractivity contribution < 1.29 is 14.9 Å². The molecule has 20 heavy (non-hydrogen) atoms. The Hall–Kier alpha value is -0.840. The molecule has 0 unspecified atom stereocenters. The van der Waals surface area contributed by atoms with E-state index in [4.69, 9.17) is 10.5 Å². The molecule has 3 atom stereocenters. The van der Waals surface area contributed by atoms with Gasteiger partial charge < -0.3 is 20.7 Å². The van der Waals surface area contributed by atoms with Crippen molar-refractivity contribution in [3.05, 3.63) is 23.5 Å². The molecule has 1 saturated carbocycles. The van der Waals surface area contributed by atoms with Crippen molar-refractivity contribution in [2.24, 2.45) is 11.7 Å². The third kappa shape index (κ3) is 4.33. The highest BCUT2D eigenvalue weighted by atomic mass is 16.5. The summed E-state index contributed by atoms with van der Waals surface area (Å²) >= 11 is 0. The van der Waals surface area contributed by atoms with E-state index in [1.165, 1.54) is 6.42 Å². The zero-order valence-electron chi connectivity index (χ0n) is 12.1. The molecule has 4 nitrogen and oxygen atoms in total. The lowest BCUT2D eigenvalue weighted by Gasteiger charge is -2.28. The van der Waals surface area contributed by atoms with Crippen LogP contribution in [-0.2, 0) is 4.74 Å². The summed E-state index contributed by atoms with van der Waals surface area (Å²) in [5.41, 5.74) is 6.49. The van der Waals surface area contributed by atoms with E-state index in [2.05, 4.69) is 6.08 Å². The second-order valence-electron chi connectivity index (χ2n) is 5.88. The van der Waals surface area contributed by atoms with Crippen LogP contribution in [0.15, 0.2) is 23.5 Å². The fourth-order valence-corrected chi connectivity index (χ4v) is 2.99. The largest absolute Gasteiger partial charge is 0.494 e. The van der Waals surface area contributed by atoms with Gasteiger partial charge in [0.15, 0.2) is 0 Å². The van der Waals surface area contributed by atoms with Crippen LogP contribution in [0.1, 0.15) is 44.9 Å². The zero-order valence-corrected chi connectivity index (χ0v) is 12.1. The normalized spacial score (nSPS) is 28.6. The second-order valence-corrected chi connectivity index (χ2v) is 5.88. The van der Waals surface area contributed by atoms with E-state index < -0.39 is 6.10 Å². The lowest BCUT2D eigenvalue weighted by atomic mass is 9.87. The minimum atomic E-state index is -0.451. The molecule has 0 aromatic heterocycles. The van der Waals surface area contributed by atoms with Crippen molar-refractivity contribution in [3.8, 4) is 0 Å². The van der Waals surface area contributed by atoms with Crippen LogP contribution < -0.4 is 5.73 Å². The van der Waals surface area contributed by atoms with Crippen LogP contribution in [0.2, 0.25) is 0 Å². The van der Waals surface area contributed by atoms with E-state index in [-0.39, 0.29) is 12.0 Å². The first kappa shape index (κ1) is 15.5. The Morgan fingerprint density at radius 1 is 1.35 bits per heavy atom. The Balaban J connectivity index is 1.84. The van der Waals surface area contributed by atoms with Gasteiger partial charge in [-0.3, -0.25) is 0 Å². The Labute approximate surface area is 121 Å². The topological polar surface area (TPSA) is 75.7 Å². The first-order valence-corrected chi connectivity index (χ1v) is 7.80. The molecule has 2 aliphatic carbocycles. The predicted molar refractivity (Wildman–Crippen MR) is 79.0 cm³/mol. The Kier molecular flexibility index (Phi) is 6.07. The maximum absolute atomic E-state index is 9.98. The van der Waals surface area contributed by atoms with Crippen molar-refractivity contribution in [2.75, 3.05) is 13.2 Å². The molecule has 0 bridgehead atoms. The van der Waals surface area contributed by atoms with E-state index in [1.807, 2.05) is 6.08 Å². The van der Waals surface area contributed by atoms with Crippen molar-refractivity contribution >= 4 is 0 Å². The summed E-state index contributed by atoms with van der Waals surface area (Å²) < 4.78 is 5.83. The molecule has 0 spiro atoms. The van der Waals surface area contributed by atoms with Gasteiger partial charge in [0.1, 0.15) is 5.76 Å². The van der Waals surface area contributed by atoms with Crippen LogP contribution in [0.25, 0.3) is 0 Å². The van der Waals surface area contributed by atoms with E-state index in [9.17, 15) is 10.2 Å². The van der Waals surface area contributed by atoms with Crippen LogP contribution in [0, 0.1) is 5.92 Å². The van der Waals surface area contributed by atoms with Crippen molar-refractivity contribution in [1.82, 2.24) is 0 Å². The third-order valence-electron chi connectivity index (χ3n) is 4.31. The molecular formula is C16H27NO3. The summed E-state index contributed by atoms with van der Waals surface area (Å²) in [6.07, 6.45) is 9.94. The molecule has 0 aromatic carbocycles. The number of aliphatic hydroxyl groups excluding tert-OH is 2. The summed E-state index contributed by atoms with van der Waals surface area (Å²) in [6.45, 7) is 1.07. The molecule has 0 aromatic rings. The van der Waals surface area contributed by atoms with E-state index in [0.717, 1.165) is 43.4 Å². The van der Waals surface area contributed by atoms with Crippen LogP contribution in [0.5, 0.6) is 0 Å². The smallest absolute Gasteiger partial charge is 0.115 e. The molecule has 114 valence electrons. The number of rotatable bonds is 6. The summed E-state index contributed by atoms with van der Waals surface area (Å²) in [5.74, 6) is 1.08. The number of ether oxygens (including phenoxy) is 1. The van der Waals surface area contributed by atoms with Gasteiger partial charge in [-0.05, 0) is 56.4 Å². The molecule has 0 amide bonds. The van der Waals surface area contributed by atoms with Gasteiger partial charge >= 0.3 is 0 Å². The van der Waals surface area contributed by atoms with E-state index >= 15 is 0 Å². The first-order valence-electron chi connectivity index (χ1n) is 7.80. The number of aliphatic hydroxyl groups is 2. The molecule has 2 rings (SSSR count). The zero-order chi connectivity index (χ0) is 14.4. The molecule has 1 fully saturated rings. The maximum atomic E-state index is 9.98. The monoisotopic (exact) mass is 281 g/mol. The molecule has 0 heterocycles. The number of allylic oxidation sites excluding steroid dienone is 2. The first-order chi connectivity index (χ1) is 9.70. The van der Waals surface area contributed by atoms with Crippen LogP contribution in [-0.4, -0.2) is 35.6 Å². The van der Waals surface area contributed by atoms with Crippen LogP contribution in [0.3, 0.4) is 0 Å². The molecule has 0 aliphatic heterocycles. The standard InChI is InChI=1S/C16H27NO3/c17-9-8-16(19)12-5-3-6-14(10-12)20-11-13-4-1-2-7-15(13)18/h6,10,13,15-16,18-19H,1-5,7-9,11,17H2/t13-,15+,16+/m0/s1. The van der Waals surface area contributed by atoms with Gasteiger partial charge in [0.2, 0.25) is 0 Å². The van der Waals surface area contributed by atoms with Crippen molar-refractivity contribution in [3.63, 3.8) is 0 Å². The van der Waals surface area contributed by atoms with Gasteiger partial charge in [0, 0.05) is 5.92 Å².